The lowest BCUT2D eigenvalue weighted by atomic mass is 10.0. The first kappa shape index (κ1) is 11.5. The number of nitrogens with one attached hydrogen (secondary N) is 1. The highest BCUT2D eigenvalue weighted by Crippen LogP contribution is 2.24. The molecule has 0 bridgehead atoms. The summed E-state index contributed by atoms with van der Waals surface area (Å²) >= 11 is 0. The van der Waals surface area contributed by atoms with Gasteiger partial charge in [-0.15, -0.1) is 0 Å². The Hall–Kier alpha value is -1.02. The van der Waals surface area contributed by atoms with Gasteiger partial charge in [0.25, 0.3) is 0 Å². The predicted molar refractivity (Wildman–Crippen MR) is 66.9 cm³/mol. The molecule has 0 unspecified atom stereocenters. The van der Waals surface area contributed by atoms with Gasteiger partial charge in [-0.05, 0) is 56.4 Å². The Morgan fingerprint density at radius 1 is 1.25 bits per heavy atom. The molecule has 2 heteroatoms. The Morgan fingerprint density at radius 2 is 2.00 bits per heavy atom. The highest BCUT2D eigenvalue weighted by atomic mass is 16.5. The Balaban J connectivity index is 2.08. The molecule has 88 valence electrons. The van der Waals surface area contributed by atoms with E-state index in [1.807, 2.05) is 6.92 Å². The smallest absolute Gasteiger partial charge is 0.122 e. The van der Waals surface area contributed by atoms with Gasteiger partial charge >= 0.3 is 0 Å². The molecule has 1 N–H and O–H groups in total. The van der Waals surface area contributed by atoms with Crippen LogP contribution in [0.5, 0.6) is 5.75 Å². The van der Waals surface area contributed by atoms with Crippen LogP contribution in [0.15, 0.2) is 12.1 Å². The maximum atomic E-state index is 5.59. The molecule has 0 heterocycles. The van der Waals surface area contributed by atoms with E-state index in [2.05, 4.69) is 31.3 Å². The second kappa shape index (κ2) is 4.88. The number of aryl methyl sites for hydroxylation is 2. The molecule has 16 heavy (non-hydrogen) atoms. The predicted octanol–water partition coefficient (Wildman–Crippen LogP) is 2.95. The highest BCUT2D eigenvalue weighted by Gasteiger charge is 2.20. The maximum Gasteiger partial charge on any atom is 0.122 e. The maximum absolute atomic E-state index is 5.59. The van der Waals surface area contributed by atoms with E-state index in [4.69, 9.17) is 4.74 Å². The first-order valence-electron chi connectivity index (χ1n) is 6.17. The minimum atomic E-state index is 0.736. The molecule has 1 aromatic carbocycles. The van der Waals surface area contributed by atoms with Gasteiger partial charge in [0.15, 0.2) is 0 Å². The number of hydrogen-bond acceptors (Lipinski definition) is 2. The standard InChI is InChI=1S/C14H21NO/c1-4-16-14-8-10(2)12(7-11(14)3)9-15-13-5-6-13/h7-8,13,15H,4-6,9H2,1-3H3. The lowest BCUT2D eigenvalue weighted by molar-refractivity contribution is 0.337. The third-order valence-electron chi connectivity index (χ3n) is 3.09. The van der Waals surface area contributed by atoms with Crippen molar-refractivity contribution in [2.24, 2.45) is 0 Å². The van der Waals surface area contributed by atoms with Crippen LogP contribution in [0.4, 0.5) is 0 Å². The summed E-state index contributed by atoms with van der Waals surface area (Å²) in [4.78, 5) is 0. The van der Waals surface area contributed by atoms with E-state index in [1.54, 1.807) is 0 Å². The zero-order valence-corrected chi connectivity index (χ0v) is 10.5. The molecule has 1 aliphatic carbocycles. The molecular weight excluding hydrogens is 198 g/mol. The van der Waals surface area contributed by atoms with Crippen molar-refractivity contribution in [2.45, 2.75) is 46.2 Å². The first-order chi connectivity index (χ1) is 7.70. The van der Waals surface area contributed by atoms with Crippen molar-refractivity contribution in [3.8, 4) is 5.75 Å². The van der Waals surface area contributed by atoms with Gasteiger partial charge in [0.2, 0.25) is 0 Å². The number of rotatable bonds is 5. The van der Waals surface area contributed by atoms with Crippen LogP contribution in [0, 0.1) is 13.8 Å². The van der Waals surface area contributed by atoms with Crippen LogP contribution in [-0.4, -0.2) is 12.6 Å². The lowest BCUT2D eigenvalue weighted by Gasteiger charge is -2.13. The number of benzene rings is 1. The average molecular weight is 219 g/mol. The quantitative estimate of drug-likeness (QED) is 0.822. The fraction of sp³-hybridized carbons (Fsp3) is 0.571. The van der Waals surface area contributed by atoms with Crippen LogP contribution in [0.3, 0.4) is 0 Å². The summed E-state index contributed by atoms with van der Waals surface area (Å²) in [6, 6.07) is 5.17. The molecule has 2 rings (SSSR count). The normalized spacial score (nSPS) is 15.2. The molecule has 1 aliphatic rings. The summed E-state index contributed by atoms with van der Waals surface area (Å²) < 4.78 is 5.59. The minimum absolute atomic E-state index is 0.736. The van der Waals surface area contributed by atoms with E-state index in [0.717, 1.165) is 24.9 Å². The SMILES string of the molecule is CCOc1cc(C)c(CNC2CC2)cc1C. The first-order valence-corrected chi connectivity index (χ1v) is 6.17. The number of hydrogen-bond donors (Lipinski definition) is 1. The largest absolute Gasteiger partial charge is 0.494 e. The molecule has 0 spiro atoms. The minimum Gasteiger partial charge on any atom is -0.494 e. The summed E-state index contributed by atoms with van der Waals surface area (Å²) in [5, 5.41) is 3.55. The van der Waals surface area contributed by atoms with E-state index < -0.39 is 0 Å². The Kier molecular flexibility index (Phi) is 3.49. The van der Waals surface area contributed by atoms with Gasteiger partial charge in [0, 0.05) is 12.6 Å². The van der Waals surface area contributed by atoms with E-state index in [-0.39, 0.29) is 0 Å². The van der Waals surface area contributed by atoms with Crippen molar-refractivity contribution in [1.82, 2.24) is 5.32 Å². The van der Waals surface area contributed by atoms with Crippen LogP contribution in [0.2, 0.25) is 0 Å². The van der Waals surface area contributed by atoms with Crippen LogP contribution in [-0.2, 0) is 6.54 Å². The molecule has 0 aromatic heterocycles. The summed E-state index contributed by atoms with van der Waals surface area (Å²) in [5.41, 5.74) is 3.95. The van der Waals surface area contributed by atoms with Gasteiger partial charge in [-0.2, -0.15) is 0 Å². The zero-order valence-electron chi connectivity index (χ0n) is 10.5. The number of ether oxygens (including phenoxy) is 1. The van der Waals surface area contributed by atoms with Gasteiger partial charge in [0.1, 0.15) is 5.75 Å². The third kappa shape index (κ3) is 2.76. The van der Waals surface area contributed by atoms with Crippen molar-refractivity contribution in [3.05, 3.63) is 28.8 Å². The van der Waals surface area contributed by atoms with Gasteiger partial charge < -0.3 is 10.1 Å². The van der Waals surface area contributed by atoms with Gasteiger partial charge in [0.05, 0.1) is 6.61 Å². The summed E-state index contributed by atoms with van der Waals surface area (Å²) in [7, 11) is 0. The molecule has 1 aromatic rings. The van der Waals surface area contributed by atoms with Gasteiger partial charge in [-0.3, -0.25) is 0 Å². The molecular formula is C14H21NO. The fourth-order valence-electron chi connectivity index (χ4n) is 1.89. The van der Waals surface area contributed by atoms with Crippen molar-refractivity contribution in [2.75, 3.05) is 6.61 Å². The lowest BCUT2D eigenvalue weighted by Crippen LogP contribution is -2.16. The summed E-state index contributed by atoms with van der Waals surface area (Å²) in [6.45, 7) is 8.03. The zero-order chi connectivity index (χ0) is 11.5. The van der Waals surface area contributed by atoms with Gasteiger partial charge in [-0.1, -0.05) is 6.07 Å². The van der Waals surface area contributed by atoms with Crippen LogP contribution in [0.1, 0.15) is 36.5 Å². The molecule has 0 radical (unpaired) electrons. The average Bonchev–Trinajstić information content (AvgIpc) is 3.05. The Morgan fingerprint density at radius 3 is 2.62 bits per heavy atom. The van der Waals surface area contributed by atoms with Crippen LogP contribution < -0.4 is 10.1 Å². The summed E-state index contributed by atoms with van der Waals surface area (Å²) in [6.07, 6.45) is 2.68. The van der Waals surface area contributed by atoms with Crippen molar-refractivity contribution < 1.29 is 4.74 Å². The molecule has 0 atom stereocenters. The second-order valence-corrected chi connectivity index (χ2v) is 4.63. The summed E-state index contributed by atoms with van der Waals surface area (Å²) in [5.74, 6) is 1.02. The van der Waals surface area contributed by atoms with Crippen LogP contribution >= 0.6 is 0 Å². The Bertz CT molecular complexity index is 369. The molecule has 0 saturated heterocycles. The second-order valence-electron chi connectivity index (χ2n) is 4.63. The van der Waals surface area contributed by atoms with Gasteiger partial charge in [-0.25, -0.2) is 0 Å². The molecule has 2 nitrogen and oxygen atoms in total. The molecule has 1 fully saturated rings. The van der Waals surface area contributed by atoms with E-state index in [0.29, 0.717) is 0 Å². The molecule has 0 aliphatic heterocycles. The van der Waals surface area contributed by atoms with E-state index in [1.165, 1.54) is 29.5 Å². The topological polar surface area (TPSA) is 21.3 Å². The molecule has 1 saturated carbocycles. The monoisotopic (exact) mass is 219 g/mol. The highest BCUT2D eigenvalue weighted by molar-refractivity contribution is 5.41. The van der Waals surface area contributed by atoms with E-state index in [9.17, 15) is 0 Å². The van der Waals surface area contributed by atoms with Crippen molar-refractivity contribution in [1.29, 1.82) is 0 Å². The molecule has 0 amide bonds. The van der Waals surface area contributed by atoms with Crippen LogP contribution in [0.25, 0.3) is 0 Å². The van der Waals surface area contributed by atoms with E-state index >= 15 is 0 Å². The third-order valence-corrected chi connectivity index (χ3v) is 3.09. The Labute approximate surface area is 98.0 Å². The van der Waals surface area contributed by atoms with Crippen molar-refractivity contribution in [3.63, 3.8) is 0 Å². The van der Waals surface area contributed by atoms with Crippen molar-refractivity contribution >= 4 is 0 Å². The fourth-order valence-corrected chi connectivity index (χ4v) is 1.89.